The predicted molar refractivity (Wildman–Crippen MR) is 134 cm³/mol. The molecule has 1 fully saturated rings. The Balaban J connectivity index is 1.71. The number of unbranched alkanes of at least 4 members (excludes halogenated alkanes) is 4. The van der Waals surface area contributed by atoms with Gasteiger partial charge in [0, 0.05) is 23.1 Å². The first-order chi connectivity index (χ1) is 15.4. The lowest BCUT2D eigenvalue weighted by Gasteiger charge is -2.33. The lowest BCUT2D eigenvalue weighted by Crippen LogP contribution is -2.29. The molecule has 3 nitrogen and oxygen atoms in total. The van der Waals surface area contributed by atoms with E-state index in [-0.39, 0.29) is 18.5 Å². The van der Waals surface area contributed by atoms with Crippen LogP contribution in [0.15, 0.2) is 30.4 Å². The lowest BCUT2D eigenvalue weighted by atomic mass is 9.74. The van der Waals surface area contributed by atoms with Crippen LogP contribution in [0.5, 0.6) is 0 Å². The van der Waals surface area contributed by atoms with Crippen molar-refractivity contribution in [3.63, 3.8) is 0 Å². The van der Waals surface area contributed by atoms with E-state index in [1.165, 1.54) is 62.5 Å². The molecule has 0 radical (unpaired) electrons. The van der Waals surface area contributed by atoms with Gasteiger partial charge in [0.15, 0.2) is 0 Å². The summed E-state index contributed by atoms with van der Waals surface area (Å²) in [5, 5.41) is 10.7. The fourth-order valence-corrected chi connectivity index (χ4v) is 5.13. The van der Waals surface area contributed by atoms with Gasteiger partial charge in [-0.05, 0) is 74.5 Å². The van der Waals surface area contributed by atoms with E-state index in [4.69, 9.17) is 16.3 Å². The normalized spacial score (nSPS) is 19.5. The highest BCUT2D eigenvalue weighted by Gasteiger charge is 2.28. The number of carbonyl (C=O) groups is 1. The van der Waals surface area contributed by atoms with E-state index in [0.717, 1.165) is 36.6 Å². The average molecular weight is 463 g/mol. The van der Waals surface area contributed by atoms with E-state index >= 15 is 0 Å². The molecule has 1 saturated carbocycles. The van der Waals surface area contributed by atoms with Gasteiger partial charge < -0.3 is 9.84 Å². The molecule has 1 aromatic rings. The Morgan fingerprint density at radius 1 is 1.16 bits per heavy atom. The van der Waals surface area contributed by atoms with Crippen LogP contribution in [0.1, 0.15) is 89.2 Å². The van der Waals surface area contributed by atoms with Gasteiger partial charge in [-0.15, -0.1) is 0 Å². The SMILES string of the molecule is C=C(C)C(=O)OCC(CO)C1CCC(CCc2ccc(CCCCCCC)c(Cl)c2)CC1. The van der Waals surface area contributed by atoms with Crippen LogP contribution in [0.4, 0.5) is 0 Å². The highest BCUT2D eigenvalue weighted by molar-refractivity contribution is 6.31. The molecule has 0 saturated heterocycles. The molecule has 1 unspecified atom stereocenters. The van der Waals surface area contributed by atoms with E-state index in [9.17, 15) is 9.90 Å². The fraction of sp³-hybridized carbons (Fsp3) is 0.679. The molecule has 4 heteroatoms. The zero-order chi connectivity index (χ0) is 23.3. The number of aryl methyl sites for hydroxylation is 2. The maximum absolute atomic E-state index is 11.6. The molecule has 0 aromatic heterocycles. The second-order valence-corrected chi connectivity index (χ2v) is 10.1. The molecule has 32 heavy (non-hydrogen) atoms. The van der Waals surface area contributed by atoms with Crippen molar-refractivity contribution >= 4 is 17.6 Å². The number of esters is 1. The molecule has 1 aliphatic carbocycles. The van der Waals surface area contributed by atoms with Crippen LogP contribution in [0.2, 0.25) is 5.02 Å². The van der Waals surface area contributed by atoms with Crippen molar-refractivity contribution in [2.24, 2.45) is 17.8 Å². The van der Waals surface area contributed by atoms with E-state index in [1.54, 1.807) is 6.92 Å². The molecule has 0 spiro atoms. The summed E-state index contributed by atoms with van der Waals surface area (Å²) in [6.07, 6.45) is 14.4. The zero-order valence-electron chi connectivity index (χ0n) is 20.2. The van der Waals surface area contributed by atoms with Crippen molar-refractivity contribution in [3.8, 4) is 0 Å². The molecule has 1 N–H and O–H groups in total. The molecule has 0 heterocycles. The third-order valence-corrected chi connectivity index (χ3v) is 7.43. The lowest BCUT2D eigenvalue weighted by molar-refractivity contribution is -0.141. The summed E-state index contributed by atoms with van der Waals surface area (Å²) in [5.41, 5.74) is 3.03. The van der Waals surface area contributed by atoms with Gasteiger partial charge in [0.1, 0.15) is 0 Å². The Kier molecular flexibility index (Phi) is 12.4. The van der Waals surface area contributed by atoms with Crippen LogP contribution in [-0.2, 0) is 22.4 Å². The second kappa shape index (κ2) is 14.8. The van der Waals surface area contributed by atoms with Gasteiger partial charge in [-0.25, -0.2) is 4.79 Å². The van der Waals surface area contributed by atoms with Crippen LogP contribution < -0.4 is 0 Å². The van der Waals surface area contributed by atoms with Crippen LogP contribution in [0.3, 0.4) is 0 Å². The Morgan fingerprint density at radius 3 is 2.50 bits per heavy atom. The van der Waals surface area contributed by atoms with Crippen molar-refractivity contribution in [1.82, 2.24) is 0 Å². The smallest absolute Gasteiger partial charge is 0.333 e. The summed E-state index contributed by atoms with van der Waals surface area (Å²) in [6, 6.07) is 6.66. The first-order valence-corrected chi connectivity index (χ1v) is 13.0. The zero-order valence-corrected chi connectivity index (χ0v) is 21.0. The average Bonchev–Trinajstić information content (AvgIpc) is 2.79. The van der Waals surface area contributed by atoms with E-state index in [0.29, 0.717) is 18.1 Å². The van der Waals surface area contributed by atoms with Crippen LogP contribution in [0.25, 0.3) is 0 Å². The van der Waals surface area contributed by atoms with Gasteiger partial charge in [-0.2, -0.15) is 0 Å². The third-order valence-electron chi connectivity index (χ3n) is 7.08. The summed E-state index contributed by atoms with van der Waals surface area (Å²) < 4.78 is 5.29. The molecule has 1 aliphatic rings. The number of ether oxygens (including phenoxy) is 1. The minimum Gasteiger partial charge on any atom is -0.462 e. The van der Waals surface area contributed by atoms with Gasteiger partial charge in [-0.3, -0.25) is 0 Å². The highest BCUT2D eigenvalue weighted by atomic mass is 35.5. The summed E-state index contributed by atoms with van der Waals surface area (Å²) >= 11 is 6.57. The van der Waals surface area contributed by atoms with Crippen LogP contribution in [0, 0.1) is 17.8 Å². The van der Waals surface area contributed by atoms with Crippen molar-refractivity contribution in [1.29, 1.82) is 0 Å². The number of hydrogen-bond donors (Lipinski definition) is 1. The van der Waals surface area contributed by atoms with Crippen molar-refractivity contribution in [3.05, 3.63) is 46.5 Å². The Hall–Kier alpha value is -1.32. The van der Waals surface area contributed by atoms with Crippen molar-refractivity contribution in [2.45, 2.75) is 90.9 Å². The molecule has 2 rings (SSSR count). The number of benzene rings is 1. The molecule has 180 valence electrons. The standard InChI is InChI=1S/C28H43ClO3/c1-4-5-6-7-8-9-25-17-14-23(18-27(25)29)11-10-22-12-15-24(16-13-22)26(19-30)20-32-28(31)21(2)3/h14,17-18,22,24,26,30H,2,4-13,15-16,19-20H2,1,3H3. The largest absolute Gasteiger partial charge is 0.462 e. The number of hydrogen-bond acceptors (Lipinski definition) is 3. The monoisotopic (exact) mass is 462 g/mol. The Bertz CT molecular complexity index is 707. The number of halogens is 1. The van der Waals surface area contributed by atoms with Crippen LogP contribution >= 0.6 is 11.6 Å². The van der Waals surface area contributed by atoms with Gasteiger partial charge in [0.25, 0.3) is 0 Å². The second-order valence-electron chi connectivity index (χ2n) is 9.73. The minimum absolute atomic E-state index is 0.0348. The number of rotatable bonds is 14. The van der Waals surface area contributed by atoms with E-state index in [1.807, 2.05) is 0 Å². The van der Waals surface area contributed by atoms with Gasteiger partial charge >= 0.3 is 5.97 Å². The molecule has 0 aliphatic heterocycles. The number of aliphatic hydroxyl groups is 1. The molecular weight excluding hydrogens is 420 g/mol. The van der Waals surface area contributed by atoms with Crippen molar-refractivity contribution < 1.29 is 14.6 Å². The topological polar surface area (TPSA) is 46.5 Å². The molecule has 1 aromatic carbocycles. The Morgan fingerprint density at radius 2 is 1.88 bits per heavy atom. The first-order valence-electron chi connectivity index (χ1n) is 12.6. The molecule has 0 amide bonds. The Labute approximate surface area is 200 Å². The van der Waals surface area contributed by atoms with E-state index < -0.39 is 0 Å². The summed E-state index contributed by atoms with van der Waals surface area (Å²) in [6.45, 7) is 7.88. The summed E-state index contributed by atoms with van der Waals surface area (Å²) in [4.78, 5) is 11.6. The van der Waals surface area contributed by atoms with Gasteiger partial charge in [-0.1, -0.05) is 75.8 Å². The first kappa shape index (κ1) is 26.9. The quantitative estimate of drug-likeness (QED) is 0.179. The maximum atomic E-state index is 11.6. The number of aliphatic hydroxyl groups excluding tert-OH is 1. The summed E-state index contributed by atoms with van der Waals surface area (Å²) in [5.74, 6) is 0.826. The van der Waals surface area contributed by atoms with Gasteiger partial charge in [0.05, 0.1) is 6.61 Å². The maximum Gasteiger partial charge on any atom is 0.333 e. The summed E-state index contributed by atoms with van der Waals surface area (Å²) in [7, 11) is 0. The fourth-order valence-electron chi connectivity index (χ4n) is 4.83. The third kappa shape index (κ3) is 9.27. The molecular formula is C28H43ClO3. The van der Waals surface area contributed by atoms with Gasteiger partial charge in [0.2, 0.25) is 0 Å². The van der Waals surface area contributed by atoms with Crippen LogP contribution in [-0.4, -0.2) is 24.3 Å². The predicted octanol–water partition coefficient (Wildman–Crippen LogP) is 7.32. The number of carbonyl (C=O) groups excluding carboxylic acids is 1. The van der Waals surface area contributed by atoms with E-state index in [2.05, 4.69) is 31.7 Å². The molecule has 1 atom stereocenters. The highest BCUT2D eigenvalue weighted by Crippen LogP contribution is 2.36. The minimum atomic E-state index is -0.363. The van der Waals surface area contributed by atoms with Crippen molar-refractivity contribution in [2.75, 3.05) is 13.2 Å². The molecule has 0 bridgehead atoms.